The van der Waals surface area contributed by atoms with Gasteiger partial charge in [0.25, 0.3) is 11.5 Å². The highest BCUT2D eigenvalue weighted by atomic mass is 19.4. The number of imidazole rings is 1. The molecule has 11 nitrogen and oxygen atoms in total. The minimum Gasteiger partial charge on any atom is -0.385 e. The molecule has 14 heteroatoms. The lowest BCUT2D eigenvalue weighted by molar-refractivity contribution is -0.141. The van der Waals surface area contributed by atoms with Crippen LogP contribution in [-0.2, 0) is 6.18 Å². The molecule has 5 rings (SSSR count). The Bertz CT molecular complexity index is 1510. The van der Waals surface area contributed by atoms with Crippen LogP contribution in [0.4, 0.5) is 30.4 Å². The van der Waals surface area contributed by atoms with Crippen LogP contribution in [0.15, 0.2) is 47.7 Å². The number of carbonyl (C=O) groups excluding carboxylic acids is 1. The first-order valence-corrected chi connectivity index (χ1v) is 11.0. The van der Waals surface area contributed by atoms with Crippen LogP contribution in [0, 0.1) is 0 Å². The van der Waals surface area contributed by atoms with E-state index in [9.17, 15) is 22.8 Å². The van der Waals surface area contributed by atoms with Crippen LogP contribution >= 0.6 is 0 Å². The van der Waals surface area contributed by atoms with E-state index in [1.54, 1.807) is 13.1 Å². The monoisotopic (exact) mass is 499 g/mol. The standard InChI is InChI=1S/C22H20F3N9O2/c1-26-14-10-17(32-34-15(11-28-18(14)34)19(35)29-12-4-2-5-12)30-13-6-3-9-33(20(13)36)21-27-8-7-16(31-21)22(23,24)25/h3,6-12,26H,2,4-5H2,1H3,(H,29,35)(H,30,32). The van der Waals surface area contributed by atoms with Crippen molar-refractivity contribution in [1.29, 1.82) is 0 Å². The van der Waals surface area contributed by atoms with E-state index in [-0.39, 0.29) is 29.1 Å². The molecule has 0 atom stereocenters. The summed E-state index contributed by atoms with van der Waals surface area (Å²) in [7, 11) is 1.67. The van der Waals surface area contributed by atoms with Gasteiger partial charge in [-0.3, -0.25) is 14.2 Å². The number of pyridine rings is 1. The van der Waals surface area contributed by atoms with E-state index in [4.69, 9.17) is 0 Å². The predicted molar refractivity (Wildman–Crippen MR) is 124 cm³/mol. The highest BCUT2D eigenvalue weighted by molar-refractivity contribution is 5.94. The number of nitrogens with one attached hydrogen (secondary N) is 3. The Hall–Kier alpha value is -4.49. The number of amides is 1. The van der Waals surface area contributed by atoms with Crippen LogP contribution in [0.25, 0.3) is 11.6 Å². The average molecular weight is 499 g/mol. The topological polar surface area (TPSA) is 131 Å². The normalized spacial score (nSPS) is 13.9. The Kier molecular flexibility index (Phi) is 5.78. The zero-order chi connectivity index (χ0) is 25.4. The summed E-state index contributed by atoms with van der Waals surface area (Å²) in [5.74, 6) is -0.549. The van der Waals surface area contributed by atoms with Gasteiger partial charge in [0.15, 0.2) is 17.2 Å². The number of nitrogens with zero attached hydrogens (tertiary/aromatic N) is 6. The first kappa shape index (κ1) is 23.3. The average Bonchev–Trinajstić information content (AvgIpc) is 3.26. The number of hydrogen-bond donors (Lipinski definition) is 3. The van der Waals surface area contributed by atoms with E-state index in [0.29, 0.717) is 11.3 Å². The first-order valence-electron chi connectivity index (χ1n) is 11.0. The second-order valence-electron chi connectivity index (χ2n) is 8.14. The Morgan fingerprint density at radius 2 is 1.97 bits per heavy atom. The summed E-state index contributed by atoms with van der Waals surface area (Å²) in [4.78, 5) is 37.4. The number of hydrogen-bond acceptors (Lipinski definition) is 8. The van der Waals surface area contributed by atoms with Gasteiger partial charge in [0.1, 0.15) is 11.4 Å². The van der Waals surface area contributed by atoms with Gasteiger partial charge < -0.3 is 16.0 Å². The Morgan fingerprint density at radius 1 is 1.17 bits per heavy atom. The van der Waals surface area contributed by atoms with Crippen LogP contribution in [0.3, 0.4) is 0 Å². The molecule has 0 bridgehead atoms. The summed E-state index contributed by atoms with van der Waals surface area (Å²) in [5, 5.41) is 13.2. The quantitative estimate of drug-likeness (QED) is 0.369. The fourth-order valence-corrected chi connectivity index (χ4v) is 3.69. The van der Waals surface area contributed by atoms with E-state index in [0.717, 1.165) is 36.1 Å². The maximum Gasteiger partial charge on any atom is 0.433 e. The number of rotatable bonds is 6. The molecule has 0 unspecified atom stereocenters. The summed E-state index contributed by atoms with van der Waals surface area (Å²) in [6.45, 7) is 0. The van der Waals surface area contributed by atoms with Crippen LogP contribution in [0.2, 0.25) is 0 Å². The molecule has 0 saturated heterocycles. The zero-order valence-corrected chi connectivity index (χ0v) is 18.9. The molecule has 1 saturated carbocycles. The largest absolute Gasteiger partial charge is 0.433 e. The molecule has 36 heavy (non-hydrogen) atoms. The molecule has 4 aromatic heterocycles. The molecule has 0 spiro atoms. The fourth-order valence-electron chi connectivity index (χ4n) is 3.69. The Balaban J connectivity index is 1.50. The van der Waals surface area contributed by atoms with Gasteiger partial charge in [-0.2, -0.15) is 13.2 Å². The number of halogens is 3. The van der Waals surface area contributed by atoms with Gasteiger partial charge >= 0.3 is 6.18 Å². The maximum atomic E-state index is 13.1. The molecule has 3 N–H and O–H groups in total. The Labute approximate surface area is 201 Å². The van der Waals surface area contributed by atoms with Crippen LogP contribution in [-0.4, -0.2) is 48.1 Å². The molecule has 0 radical (unpaired) electrons. The summed E-state index contributed by atoms with van der Waals surface area (Å²) in [6.07, 6.45) is 1.82. The van der Waals surface area contributed by atoms with Crippen molar-refractivity contribution in [3.63, 3.8) is 0 Å². The lowest BCUT2D eigenvalue weighted by atomic mass is 9.93. The third-order valence-electron chi connectivity index (χ3n) is 5.77. The minimum absolute atomic E-state index is 0.00741. The first-order chi connectivity index (χ1) is 17.2. The van der Waals surface area contributed by atoms with Gasteiger partial charge in [-0.05, 0) is 37.5 Å². The van der Waals surface area contributed by atoms with Crippen LogP contribution in [0.1, 0.15) is 35.4 Å². The summed E-state index contributed by atoms with van der Waals surface area (Å²) in [5.41, 5.74) is -0.695. The minimum atomic E-state index is -4.69. The van der Waals surface area contributed by atoms with Crippen molar-refractivity contribution in [2.75, 3.05) is 17.7 Å². The molecule has 186 valence electrons. The van der Waals surface area contributed by atoms with Crippen LogP contribution in [0.5, 0.6) is 0 Å². The van der Waals surface area contributed by atoms with Crippen molar-refractivity contribution in [2.24, 2.45) is 0 Å². The van der Waals surface area contributed by atoms with Crippen LogP contribution < -0.4 is 21.5 Å². The highest BCUT2D eigenvalue weighted by Gasteiger charge is 2.33. The summed E-state index contributed by atoms with van der Waals surface area (Å²) >= 11 is 0. The number of anilines is 3. The molecule has 4 aromatic rings. The molecule has 0 aromatic carbocycles. The zero-order valence-electron chi connectivity index (χ0n) is 18.9. The molecule has 0 aliphatic heterocycles. The fraction of sp³-hybridized carbons (Fsp3) is 0.273. The van der Waals surface area contributed by atoms with Crippen molar-refractivity contribution in [2.45, 2.75) is 31.5 Å². The lowest BCUT2D eigenvalue weighted by Gasteiger charge is -2.26. The van der Waals surface area contributed by atoms with E-state index >= 15 is 0 Å². The molecular weight excluding hydrogens is 479 g/mol. The highest BCUT2D eigenvalue weighted by Crippen LogP contribution is 2.27. The van der Waals surface area contributed by atoms with Gasteiger partial charge in [0, 0.05) is 31.5 Å². The number of fused-ring (bicyclic) bond motifs is 1. The smallest absolute Gasteiger partial charge is 0.385 e. The van der Waals surface area contributed by atoms with Gasteiger partial charge in [0.2, 0.25) is 5.95 Å². The third kappa shape index (κ3) is 4.32. The van der Waals surface area contributed by atoms with E-state index in [1.807, 2.05) is 0 Å². The number of carbonyl (C=O) groups is 1. The van der Waals surface area contributed by atoms with E-state index in [2.05, 4.69) is 36.0 Å². The molecular formula is C22H20F3N9O2. The van der Waals surface area contributed by atoms with Crippen molar-refractivity contribution in [3.05, 3.63) is 64.6 Å². The SMILES string of the molecule is CNc1cc(Nc2cccn(-c3nccc(C(F)(F)F)n3)c2=O)nn2c(C(=O)NC3CCC3)cnc12. The summed E-state index contributed by atoms with van der Waals surface area (Å²) < 4.78 is 41.5. The molecule has 1 fully saturated rings. The van der Waals surface area contributed by atoms with E-state index in [1.165, 1.54) is 29.0 Å². The van der Waals surface area contributed by atoms with E-state index < -0.39 is 23.4 Å². The molecule has 1 amide bonds. The lowest BCUT2D eigenvalue weighted by Crippen LogP contribution is -2.40. The van der Waals surface area contributed by atoms with Gasteiger partial charge in [-0.1, -0.05) is 0 Å². The maximum absolute atomic E-state index is 13.1. The van der Waals surface area contributed by atoms with Crippen molar-refractivity contribution in [1.82, 2.24) is 34.4 Å². The molecule has 4 heterocycles. The number of aromatic nitrogens is 6. The second kappa shape index (κ2) is 8.94. The second-order valence-corrected chi connectivity index (χ2v) is 8.14. The molecule has 1 aliphatic rings. The van der Waals surface area contributed by atoms with Crippen molar-refractivity contribution >= 4 is 28.7 Å². The number of alkyl halides is 3. The van der Waals surface area contributed by atoms with Crippen molar-refractivity contribution in [3.8, 4) is 5.95 Å². The predicted octanol–water partition coefficient (Wildman–Crippen LogP) is 2.76. The molecule has 1 aliphatic carbocycles. The van der Waals surface area contributed by atoms with Gasteiger partial charge in [-0.15, -0.1) is 5.10 Å². The van der Waals surface area contributed by atoms with Gasteiger partial charge in [0.05, 0.1) is 11.9 Å². The van der Waals surface area contributed by atoms with Gasteiger partial charge in [-0.25, -0.2) is 19.5 Å². The third-order valence-corrected chi connectivity index (χ3v) is 5.77. The summed E-state index contributed by atoms with van der Waals surface area (Å²) in [6, 6.07) is 5.33. The van der Waals surface area contributed by atoms with Crippen molar-refractivity contribution < 1.29 is 18.0 Å². The Morgan fingerprint density at radius 3 is 2.67 bits per heavy atom.